The standard InChI is InChI=1S/C15H24N2O2/c1-12-10-14(19-13(2)11-18-3)4-5-15(12)17-8-6-16-7-9-17/h4-5,10,13,16H,6-9,11H2,1-3H3. The Kier molecular flexibility index (Phi) is 5.05. The quantitative estimate of drug-likeness (QED) is 0.879. The minimum absolute atomic E-state index is 0.0782. The lowest BCUT2D eigenvalue weighted by Gasteiger charge is -2.31. The van der Waals surface area contributed by atoms with E-state index in [1.54, 1.807) is 7.11 Å². The third-order valence-electron chi connectivity index (χ3n) is 3.36. The highest BCUT2D eigenvalue weighted by molar-refractivity contribution is 5.56. The number of rotatable bonds is 5. The lowest BCUT2D eigenvalue weighted by atomic mass is 10.1. The molecule has 1 aromatic rings. The maximum Gasteiger partial charge on any atom is 0.120 e. The SMILES string of the molecule is COCC(C)Oc1ccc(N2CCNCC2)c(C)c1. The Morgan fingerprint density at radius 2 is 2.05 bits per heavy atom. The predicted octanol–water partition coefficient (Wildman–Crippen LogP) is 1.82. The van der Waals surface area contributed by atoms with Gasteiger partial charge in [-0.3, -0.25) is 0 Å². The first-order valence-corrected chi connectivity index (χ1v) is 6.92. The Hall–Kier alpha value is -1.26. The number of ether oxygens (including phenoxy) is 2. The second-order valence-corrected chi connectivity index (χ2v) is 5.07. The van der Waals surface area contributed by atoms with Crippen molar-refractivity contribution in [1.82, 2.24) is 5.32 Å². The number of methoxy groups -OCH3 is 1. The van der Waals surface area contributed by atoms with Crippen LogP contribution >= 0.6 is 0 Å². The zero-order valence-corrected chi connectivity index (χ0v) is 12.1. The molecule has 4 nitrogen and oxygen atoms in total. The fourth-order valence-electron chi connectivity index (χ4n) is 2.46. The monoisotopic (exact) mass is 264 g/mol. The first-order valence-electron chi connectivity index (χ1n) is 6.92. The van der Waals surface area contributed by atoms with Crippen LogP contribution in [0.1, 0.15) is 12.5 Å². The molecule has 0 aliphatic carbocycles. The van der Waals surface area contributed by atoms with Crippen molar-refractivity contribution in [2.75, 3.05) is 44.8 Å². The Balaban J connectivity index is 2.03. The molecule has 1 fully saturated rings. The van der Waals surface area contributed by atoms with Crippen molar-refractivity contribution in [2.45, 2.75) is 20.0 Å². The number of nitrogens with one attached hydrogen (secondary N) is 1. The van der Waals surface area contributed by atoms with E-state index in [2.05, 4.69) is 35.3 Å². The summed E-state index contributed by atoms with van der Waals surface area (Å²) in [5.41, 5.74) is 2.58. The molecule has 0 radical (unpaired) electrons. The van der Waals surface area contributed by atoms with Gasteiger partial charge in [-0.15, -0.1) is 0 Å². The number of benzene rings is 1. The molecule has 106 valence electrons. The molecule has 1 N–H and O–H groups in total. The molecule has 1 aromatic carbocycles. The molecule has 0 saturated carbocycles. The van der Waals surface area contributed by atoms with Crippen molar-refractivity contribution in [3.05, 3.63) is 23.8 Å². The van der Waals surface area contributed by atoms with Crippen LogP contribution in [-0.2, 0) is 4.74 Å². The van der Waals surface area contributed by atoms with Gasteiger partial charge in [0.25, 0.3) is 0 Å². The maximum atomic E-state index is 5.82. The number of piperazine rings is 1. The van der Waals surface area contributed by atoms with Gasteiger partial charge in [-0.25, -0.2) is 0 Å². The Bertz CT molecular complexity index is 403. The molecule has 1 heterocycles. The summed E-state index contributed by atoms with van der Waals surface area (Å²) in [7, 11) is 1.69. The summed E-state index contributed by atoms with van der Waals surface area (Å²) in [6.07, 6.45) is 0.0782. The van der Waals surface area contributed by atoms with Gasteiger partial charge in [0, 0.05) is 39.0 Å². The van der Waals surface area contributed by atoms with Crippen LogP contribution in [-0.4, -0.2) is 46.0 Å². The third kappa shape index (κ3) is 3.85. The summed E-state index contributed by atoms with van der Waals surface area (Å²) in [4.78, 5) is 2.42. The zero-order valence-electron chi connectivity index (χ0n) is 12.1. The first-order chi connectivity index (χ1) is 9.20. The minimum atomic E-state index is 0.0782. The van der Waals surface area contributed by atoms with Crippen LogP contribution in [0.25, 0.3) is 0 Å². The number of aryl methyl sites for hydroxylation is 1. The van der Waals surface area contributed by atoms with Gasteiger partial charge in [-0.1, -0.05) is 0 Å². The van der Waals surface area contributed by atoms with E-state index in [9.17, 15) is 0 Å². The second kappa shape index (κ2) is 6.78. The van der Waals surface area contributed by atoms with E-state index in [0.29, 0.717) is 6.61 Å². The molecule has 19 heavy (non-hydrogen) atoms. The van der Waals surface area contributed by atoms with Crippen LogP contribution in [0.5, 0.6) is 5.75 Å². The molecule has 1 aliphatic rings. The van der Waals surface area contributed by atoms with E-state index in [0.717, 1.165) is 31.9 Å². The van der Waals surface area contributed by atoms with Crippen LogP contribution in [0.2, 0.25) is 0 Å². The predicted molar refractivity (Wildman–Crippen MR) is 78.2 cm³/mol. The van der Waals surface area contributed by atoms with Crippen molar-refractivity contribution in [3.8, 4) is 5.75 Å². The van der Waals surface area contributed by atoms with E-state index >= 15 is 0 Å². The Morgan fingerprint density at radius 1 is 1.32 bits per heavy atom. The van der Waals surface area contributed by atoms with E-state index in [-0.39, 0.29) is 6.10 Å². The van der Waals surface area contributed by atoms with Crippen molar-refractivity contribution >= 4 is 5.69 Å². The van der Waals surface area contributed by atoms with Crippen molar-refractivity contribution in [1.29, 1.82) is 0 Å². The Morgan fingerprint density at radius 3 is 2.68 bits per heavy atom. The lowest BCUT2D eigenvalue weighted by molar-refractivity contribution is 0.0920. The molecule has 2 rings (SSSR count). The molecule has 0 bridgehead atoms. The summed E-state index contributed by atoms with van der Waals surface area (Å²) in [5, 5.41) is 3.38. The Labute approximate surface area is 115 Å². The number of anilines is 1. The highest BCUT2D eigenvalue weighted by Crippen LogP contribution is 2.25. The largest absolute Gasteiger partial charge is 0.488 e. The molecule has 0 aromatic heterocycles. The van der Waals surface area contributed by atoms with Gasteiger partial charge in [-0.05, 0) is 37.6 Å². The smallest absolute Gasteiger partial charge is 0.120 e. The summed E-state index contributed by atoms with van der Waals surface area (Å²) >= 11 is 0. The molecule has 0 amide bonds. The molecule has 1 saturated heterocycles. The average molecular weight is 264 g/mol. The summed E-state index contributed by atoms with van der Waals surface area (Å²) in [6.45, 7) is 9.03. The first kappa shape index (κ1) is 14.2. The van der Waals surface area contributed by atoms with Crippen molar-refractivity contribution in [3.63, 3.8) is 0 Å². The van der Waals surface area contributed by atoms with Gasteiger partial charge >= 0.3 is 0 Å². The van der Waals surface area contributed by atoms with Gasteiger partial charge < -0.3 is 19.7 Å². The fraction of sp³-hybridized carbons (Fsp3) is 0.600. The maximum absolute atomic E-state index is 5.82. The van der Waals surface area contributed by atoms with Gasteiger partial charge in [0.15, 0.2) is 0 Å². The van der Waals surface area contributed by atoms with Crippen molar-refractivity contribution in [2.24, 2.45) is 0 Å². The van der Waals surface area contributed by atoms with Gasteiger partial charge in [-0.2, -0.15) is 0 Å². The summed E-state index contributed by atoms with van der Waals surface area (Å²) in [6, 6.07) is 6.33. The average Bonchev–Trinajstić information content (AvgIpc) is 2.40. The van der Waals surface area contributed by atoms with Gasteiger partial charge in [0.1, 0.15) is 11.9 Å². The van der Waals surface area contributed by atoms with Crippen LogP contribution in [0.15, 0.2) is 18.2 Å². The third-order valence-corrected chi connectivity index (χ3v) is 3.36. The zero-order chi connectivity index (χ0) is 13.7. The fourth-order valence-corrected chi connectivity index (χ4v) is 2.46. The lowest BCUT2D eigenvalue weighted by Crippen LogP contribution is -2.43. The molecule has 4 heteroatoms. The number of hydrogen-bond acceptors (Lipinski definition) is 4. The number of nitrogens with zero attached hydrogens (tertiary/aromatic N) is 1. The topological polar surface area (TPSA) is 33.7 Å². The second-order valence-electron chi connectivity index (χ2n) is 5.07. The highest BCUT2D eigenvalue weighted by Gasteiger charge is 2.13. The molecule has 1 aliphatic heterocycles. The van der Waals surface area contributed by atoms with Crippen LogP contribution in [0.3, 0.4) is 0 Å². The van der Waals surface area contributed by atoms with E-state index in [1.807, 2.05) is 6.92 Å². The minimum Gasteiger partial charge on any atom is -0.488 e. The summed E-state index contributed by atoms with van der Waals surface area (Å²) < 4.78 is 10.9. The molecule has 1 atom stereocenters. The van der Waals surface area contributed by atoms with Crippen LogP contribution in [0, 0.1) is 6.92 Å². The van der Waals surface area contributed by atoms with Crippen LogP contribution in [0.4, 0.5) is 5.69 Å². The number of hydrogen-bond donors (Lipinski definition) is 1. The molecular formula is C15H24N2O2. The van der Waals surface area contributed by atoms with E-state index < -0.39 is 0 Å². The van der Waals surface area contributed by atoms with Crippen LogP contribution < -0.4 is 15.0 Å². The van der Waals surface area contributed by atoms with Gasteiger partial charge in [0.05, 0.1) is 6.61 Å². The van der Waals surface area contributed by atoms with E-state index in [1.165, 1.54) is 11.3 Å². The molecule has 1 unspecified atom stereocenters. The normalized spacial score (nSPS) is 17.3. The highest BCUT2D eigenvalue weighted by atomic mass is 16.5. The van der Waals surface area contributed by atoms with E-state index in [4.69, 9.17) is 9.47 Å². The van der Waals surface area contributed by atoms with Crippen molar-refractivity contribution < 1.29 is 9.47 Å². The summed E-state index contributed by atoms with van der Waals surface area (Å²) in [5.74, 6) is 0.918. The molecule has 0 spiro atoms. The molecular weight excluding hydrogens is 240 g/mol. The van der Waals surface area contributed by atoms with Gasteiger partial charge in [0.2, 0.25) is 0 Å².